The molecule has 0 atom stereocenters. The van der Waals surface area contributed by atoms with E-state index in [0.29, 0.717) is 12.3 Å². The Labute approximate surface area is 89.6 Å². The summed E-state index contributed by atoms with van der Waals surface area (Å²) in [6.45, 7) is 8.27. The van der Waals surface area contributed by atoms with Crippen LogP contribution in [0.5, 0.6) is 0 Å². The largest absolute Gasteiger partial charge is 0.350 e. The van der Waals surface area contributed by atoms with Gasteiger partial charge in [-0.3, -0.25) is 4.79 Å². The quantitative estimate of drug-likeness (QED) is 0.747. The minimum atomic E-state index is -0.131. The molecule has 0 rings (SSSR count). The summed E-state index contributed by atoms with van der Waals surface area (Å²) in [6, 6.07) is 0. The Morgan fingerprint density at radius 3 is 2.38 bits per heavy atom. The summed E-state index contributed by atoms with van der Waals surface area (Å²) in [5.41, 5.74) is -0.131. The predicted octanol–water partition coefficient (Wildman–Crippen LogP) is 2.71. The van der Waals surface area contributed by atoms with Crippen LogP contribution in [0.15, 0.2) is 0 Å². The molecule has 0 aromatic carbocycles. The standard InChI is InChI=1S/C10H20BrNO/c1-8(2)5-6-9(13)12-10(3,4)7-11/h8H,5-7H2,1-4H3,(H,12,13). The molecule has 1 N–H and O–H groups in total. The highest BCUT2D eigenvalue weighted by atomic mass is 79.9. The molecular formula is C10H20BrNO. The zero-order chi connectivity index (χ0) is 10.5. The molecule has 0 unspecified atom stereocenters. The molecule has 1 amide bonds. The van der Waals surface area contributed by atoms with E-state index >= 15 is 0 Å². The highest BCUT2D eigenvalue weighted by molar-refractivity contribution is 9.09. The highest BCUT2D eigenvalue weighted by Crippen LogP contribution is 2.08. The van der Waals surface area contributed by atoms with Crippen LogP contribution in [0.1, 0.15) is 40.5 Å². The average Bonchev–Trinajstić information content (AvgIpc) is 2.00. The lowest BCUT2D eigenvalue weighted by molar-refractivity contribution is -0.122. The molecular weight excluding hydrogens is 230 g/mol. The van der Waals surface area contributed by atoms with Crippen LogP contribution in [0, 0.1) is 5.92 Å². The van der Waals surface area contributed by atoms with Gasteiger partial charge in [0.05, 0.1) is 0 Å². The predicted molar refractivity (Wildman–Crippen MR) is 60.1 cm³/mol. The zero-order valence-corrected chi connectivity index (χ0v) is 10.6. The maximum absolute atomic E-state index is 11.4. The smallest absolute Gasteiger partial charge is 0.220 e. The summed E-state index contributed by atoms with van der Waals surface area (Å²) in [5.74, 6) is 0.746. The van der Waals surface area contributed by atoms with Crippen molar-refractivity contribution in [3.05, 3.63) is 0 Å². The maximum Gasteiger partial charge on any atom is 0.220 e. The molecule has 13 heavy (non-hydrogen) atoms. The number of hydrogen-bond donors (Lipinski definition) is 1. The van der Waals surface area contributed by atoms with Gasteiger partial charge in [-0.25, -0.2) is 0 Å². The zero-order valence-electron chi connectivity index (χ0n) is 8.98. The number of alkyl halides is 1. The van der Waals surface area contributed by atoms with Gasteiger partial charge in [0, 0.05) is 17.3 Å². The minimum absolute atomic E-state index is 0.131. The third-order valence-electron chi connectivity index (χ3n) is 1.76. The van der Waals surface area contributed by atoms with Crippen LogP contribution >= 0.6 is 15.9 Å². The van der Waals surface area contributed by atoms with E-state index in [1.807, 2.05) is 13.8 Å². The first kappa shape index (κ1) is 12.9. The van der Waals surface area contributed by atoms with Gasteiger partial charge in [-0.05, 0) is 26.2 Å². The van der Waals surface area contributed by atoms with Crippen molar-refractivity contribution in [1.82, 2.24) is 5.32 Å². The van der Waals surface area contributed by atoms with E-state index in [2.05, 4.69) is 35.1 Å². The molecule has 78 valence electrons. The van der Waals surface area contributed by atoms with E-state index in [-0.39, 0.29) is 11.4 Å². The topological polar surface area (TPSA) is 29.1 Å². The second-order valence-corrected chi connectivity index (χ2v) is 5.06. The summed E-state index contributed by atoms with van der Waals surface area (Å²) in [7, 11) is 0. The summed E-state index contributed by atoms with van der Waals surface area (Å²) >= 11 is 3.36. The van der Waals surface area contributed by atoms with Gasteiger partial charge in [0.15, 0.2) is 0 Å². The van der Waals surface area contributed by atoms with Crippen LogP contribution in [-0.4, -0.2) is 16.8 Å². The van der Waals surface area contributed by atoms with Gasteiger partial charge in [-0.1, -0.05) is 29.8 Å². The maximum atomic E-state index is 11.4. The van der Waals surface area contributed by atoms with Crippen molar-refractivity contribution in [2.24, 2.45) is 5.92 Å². The van der Waals surface area contributed by atoms with Crippen molar-refractivity contribution in [2.75, 3.05) is 5.33 Å². The number of halogens is 1. The number of hydrogen-bond acceptors (Lipinski definition) is 1. The third kappa shape index (κ3) is 7.05. The van der Waals surface area contributed by atoms with Gasteiger partial charge >= 0.3 is 0 Å². The molecule has 0 heterocycles. The molecule has 0 fully saturated rings. The van der Waals surface area contributed by atoms with Gasteiger partial charge in [0.25, 0.3) is 0 Å². The van der Waals surface area contributed by atoms with Crippen molar-refractivity contribution >= 4 is 21.8 Å². The molecule has 0 aliphatic carbocycles. The van der Waals surface area contributed by atoms with Gasteiger partial charge in [-0.2, -0.15) is 0 Å². The summed E-state index contributed by atoms with van der Waals surface area (Å²) < 4.78 is 0. The average molecular weight is 250 g/mol. The van der Waals surface area contributed by atoms with E-state index in [1.54, 1.807) is 0 Å². The van der Waals surface area contributed by atoms with Gasteiger partial charge in [0.1, 0.15) is 0 Å². The first-order valence-corrected chi connectivity index (χ1v) is 5.86. The minimum Gasteiger partial charge on any atom is -0.350 e. The Hall–Kier alpha value is -0.0500. The molecule has 3 heteroatoms. The van der Waals surface area contributed by atoms with E-state index in [0.717, 1.165) is 11.8 Å². The molecule has 2 nitrogen and oxygen atoms in total. The van der Waals surface area contributed by atoms with Crippen LogP contribution in [-0.2, 0) is 4.79 Å². The lowest BCUT2D eigenvalue weighted by atomic mass is 10.1. The molecule has 0 aliphatic rings. The Kier molecular flexibility index (Phi) is 5.61. The van der Waals surface area contributed by atoms with Crippen LogP contribution in [0.4, 0.5) is 0 Å². The fraction of sp³-hybridized carbons (Fsp3) is 0.900. The second kappa shape index (κ2) is 5.63. The summed E-state index contributed by atoms with van der Waals surface area (Å²) in [4.78, 5) is 11.4. The van der Waals surface area contributed by atoms with Crippen molar-refractivity contribution in [1.29, 1.82) is 0 Å². The molecule has 0 saturated carbocycles. The van der Waals surface area contributed by atoms with E-state index in [1.165, 1.54) is 0 Å². The Bertz CT molecular complexity index is 166. The number of rotatable bonds is 5. The molecule has 0 radical (unpaired) electrons. The Balaban J connectivity index is 3.74. The monoisotopic (exact) mass is 249 g/mol. The second-order valence-electron chi connectivity index (χ2n) is 4.50. The van der Waals surface area contributed by atoms with Crippen molar-refractivity contribution in [2.45, 2.75) is 46.1 Å². The number of nitrogens with one attached hydrogen (secondary N) is 1. The molecule has 0 spiro atoms. The fourth-order valence-electron chi connectivity index (χ4n) is 0.893. The van der Waals surface area contributed by atoms with Gasteiger partial charge in [-0.15, -0.1) is 0 Å². The summed E-state index contributed by atoms with van der Waals surface area (Å²) in [6.07, 6.45) is 1.60. The van der Waals surface area contributed by atoms with Crippen molar-refractivity contribution in [3.63, 3.8) is 0 Å². The van der Waals surface area contributed by atoms with Crippen LogP contribution in [0.2, 0.25) is 0 Å². The SMILES string of the molecule is CC(C)CCC(=O)NC(C)(C)CBr. The molecule has 0 aromatic rings. The third-order valence-corrected chi connectivity index (χ3v) is 3.16. The number of amides is 1. The van der Waals surface area contributed by atoms with Crippen molar-refractivity contribution in [3.8, 4) is 0 Å². The van der Waals surface area contributed by atoms with Crippen LogP contribution in [0.3, 0.4) is 0 Å². The lowest BCUT2D eigenvalue weighted by Crippen LogP contribution is -2.44. The highest BCUT2D eigenvalue weighted by Gasteiger charge is 2.18. The van der Waals surface area contributed by atoms with E-state index < -0.39 is 0 Å². The summed E-state index contributed by atoms with van der Waals surface area (Å²) in [5, 5.41) is 3.76. The normalized spacial score (nSPS) is 11.8. The number of carbonyl (C=O) groups excluding carboxylic acids is 1. The van der Waals surface area contributed by atoms with Crippen LogP contribution in [0.25, 0.3) is 0 Å². The molecule has 0 bridgehead atoms. The van der Waals surface area contributed by atoms with Crippen molar-refractivity contribution < 1.29 is 4.79 Å². The Morgan fingerprint density at radius 1 is 1.46 bits per heavy atom. The Morgan fingerprint density at radius 2 is 2.00 bits per heavy atom. The van der Waals surface area contributed by atoms with E-state index in [9.17, 15) is 4.79 Å². The van der Waals surface area contributed by atoms with Gasteiger partial charge < -0.3 is 5.32 Å². The van der Waals surface area contributed by atoms with Gasteiger partial charge in [0.2, 0.25) is 5.91 Å². The number of carbonyl (C=O) groups is 1. The molecule has 0 aliphatic heterocycles. The first-order valence-electron chi connectivity index (χ1n) is 4.74. The fourth-order valence-corrected chi connectivity index (χ4v) is 1.03. The lowest BCUT2D eigenvalue weighted by Gasteiger charge is -2.23. The molecule has 0 saturated heterocycles. The van der Waals surface area contributed by atoms with E-state index in [4.69, 9.17) is 0 Å². The molecule has 0 aromatic heterocycles. The first-order chi connectivity index (χ1) is 5.87. The van der Waals surface area contributed by atoms with Crippen LogP contribution < -0.4 is 5.32 Å².